The maximum Gasteiger partial charge on any atom is 0.365 e. The summed E-state index contributed by atoms with van der Waals surface area (Å²) >= 11 is 5.37. The molecule has 3 aliphatic rings. The number of methoxy groups -OCH3 is 5. The lowest BCUT2D eigenvalue weighted by atomic mass is 10.1. The molecule has 28 nitrogen and oxygen atoms in total. The second-order valence-electron chi connectivity index (χ2n) is 22.4. The number of carbonyl (C=O) groups excluding carboxylic acids is 4. The van der Waals surface area contributed by atoms with Crippen LogP contribution in [0, 0.1) is 30.3 Å². The summed E-state index contributed by atoms with van der Waals surface area (Å²) in [6, 6.07) is 56.0. The first-order chi connectivity index (χ1) is 49.6. The molecule has 0 bridgehead atoms. The average Bonchev–Trinajstić information content (AvgIpc) is 1.55. The Bertz CT molecular complexity index is 4400. The van der Waals surface area contributed by atoms with E-state index in [9.17, 15) is 59.1 Å². The lowest BCUT2D eigenvalue weighted by molar-refractivity contribution is -0.588. The predicted octanol–water partition coefficient (Wildman–Crippen LogP) is 8.46. The van der Waals surface area contributed by atoms with E-state index >= 15 is 0 Å². The molecule has 12 rings (SSSR count). The predicted molar refractivity (Wildman–Crippen MR) is 374 cm³/mol. The van der Waals surface area contributed by atoms with Gasteiger partial charge < -0.3 is 71.1 Å². The molecule has 30 heteroatoms. The molecular weight excluding hydrogens is 1400 g/mol. The average molecular weight is 1460 g/mol. The molecule has 0 fully saturated rings. The van der Waals surface area contributed by atoms with Crippen LogP contribution in [0.2, 0.25) is 0 Å². The van der Waals surface area contributed by atoms with Crippen molar-refractivity contribution in [3.8, 4) is 34.5 Å². The van der Waals surface area contributed by atoms with Crippen LogP contribution in [0.1, 0.15) is 64.5 Å². The SMILES string of the molecule is COC(=O)[C@@H]1Cc2ccccc2N1C(=O)c1cc(OC)c(OCc2ccccc2)cc1[N+](=O)[O-].COC(=O)[C@@H]1Cc2ccccc2[NH2+]1.COc1cc(C(=O)Cl)c([N+](=O)[O-])cc1OCc1ccccc1.COc1cc(C(=O)O)c([N+](=O)[O-])cc1OCc1ccccc1.O=C(O)[C@@H]1Cc2ccccc2N1.[Cl-]. The van der Waals surface area contributed by atoms with Gasteiger partial charge in [-0.1, -0.05) is 146 Å². The van der Waals surface area contributed by atoms with Crippen molar-refractivity contribution in [3.05, 3.63) is 281 Å². The zero-order chi connectivity index (χ0) is 74.3. The number of nitrogens with one attached hydrogen (secondary N) is 1. The molecule has 0 saturated heterocycles. The number of rotatable bonds is 21. The van der Waals surface area contributed by atoms with Gasteiger partial charge in [0.1, 0.15) is 54.3 Å². The normalized spacial score (nSPS) is 13.7. The summed E-state index contributed by atoms with van der Waals surface area (Å²) in [4.78, 5) is 103. The Balaban J connectivity index is 0.000000190. The first-order valence-electron chi connectivity index (χ1n) is 31.2. The van der Waals surface area contributed by atoms with Gasteiger partial charge in [0.25, 0.3) is 28.2 Å². The van der Waals surface area contributed by atoms with E-state index in [2.05, 4.69) is 11.4 Å². The molecule has 3 aliphatic heterocycles. The summed E-state index contributed by atoms with van der Waals surface area (Å²) < 4.78 is 42.0. The Morgan fingerprint density at radius 1 is 0.490 bits per heavy atom. The van der Waals surface area contributed by atoms with Crippen molar-refractivity contribution in [1.82, 2.24) is 0 Å². The van der Waals surface area contributed by atoms with Crippen molar-refractivity contribution in [2.75, 3.05) is 45.8 Å². The fraction of sp³-hybridized carbons (Fsp3) is 0.189. The van der Waals surface area contributed by atoms with Crippen molar-refractivity contribution in [1.29, 1.82) is 0 Å². The number of nitro groups is 3. The quantitative estimate of drug-likeness (QED) is 0.0172. The Labute approximate surface area is 605 Å². The number of fused-ring (bicyclic) bond motifs is 3. The number of para-hydroxylation sites is 3. The highest BCUT2D eigenvalue weighted by Gasteiger charge is 2.42. The summed E-state index contributed by atoms with van der Waals surface area (Å²) in [6.07, 6.45) is 1.62. The van der Waals surface area contributed by atoms with Gasteiger partial charge in [-0.05, 0) is 57.6 Å². The fourth-order valence-electron chi connectivity index (χ4n) is 10.9. The molecule has 0 saturated carbocycles. The van der Waals surface area contributed by atoms with E-state index in [1.54, 1.807) is 24.3 Å². The molecule has 3 heterocycles. The Morgan fingerprint density at radius 2 is 0.894 bits per heavy atom. The number of esters is 2. The van der Waals surface area contributed by atoms with E-state index in [0.717, 1.165) is 63.8 Å². The minimum atomic E-state index is -1.40. The molecule has 9 aromatic carbocycles. The number of nitrogens with two attached hydrogens (primary N) is 1. The highest BCUT2D eigenvalue weighted by molar-refractivity contribution is 6.68. The molecule has 0 unspecified atom stereocenters. The number of amides is 1. The van der Waals surface area contributed by atoms with Crippen molar-refractivity contribution in [2.24, 2.45) is 0 Å². The van der Waals surface area contributed by atoms with Crippen LogP contribution in [-0.4, -0.2) is 114 Å². The zero-order valence-corrected chi connectivity index (χ0v) is 57.7. The van der Waals surface area contributed by atoms with Gasteiger partial charge in [0.2, 0.25) is 0 Å². The maximum absolute atomic E-state index is 13.6. The van der Waals surface area contributed by atoms with Gasteiger partial charge in [-0.3, -0.25) is 44.8 Å². The lowest BCUT2D eigenvalue weighted by Crippen LogP contribution is -3.00. The number of halogens is 2. The molecule has 1 amide bonds. The van der Waals surface area contributed by atoms with Gasteiger partial charge in [0, 0.05) is 54.4 Å². The standard InChI is InChI=1S/C25H22N2O7.C15H12ClNO5.C15H13NO6.C10H11NO2.C9H9NO2.ClH/c1-32-22-13-18(20(27(30)31)14-23(22)34-15-16-8-4-3-5-9-16)24(28)26-19-11-7-6-10-17(19)12-21(26)25(29)33-2;1-21-13-7-11(15(16)18)12(17(19)20)8-14(13)22-9-10-5-3-2-4-6-10;1-21-13-7-11(15(17)18)12(16(19)20)8-14(13)22-9-10-5-3-2-4-6-10;1-13-10(12)9-6-7-4-2-3-5-8(7)11-9;11-9(12)8-5-6-3-1-2-4-7(6)10-8;/h3-11,13-14,21H,12,15H2,1-2H3;2-8H,9H2,1H3;2-8H,9H2,1H3,(H,17,18);2-5,9,11H,6H2,1H3;1-4,8,10H,5H2,(H,11,12);1H/t21-;;;9-;8-;/m0..00./s1. The number of nitrogens with zero attached hydrogens (tertiary/aromatic N) is 4. The molecular formula is C74H68Cl2N6O22. The summed E-state index contributed by atoms with van der Waals surface area (Å²) in [7, 11) is 6.76. The Morgan fingerprint density at radius 3 is 1.32 bits per heavy atom. The Hall–Kier alpha value is -12.7. The minimum Gasteiger partial charge on any atom is -1.00 e. The second-order valence-corrected chi connectivity index (χ2v) is 22.7. The third-order valence-corrected chi connectivity index (χ3v) is 16.1. The first kappa shape index (κ1) is 78.7. The minimum absolute atomic E-state index is 0. The van der Waals surface area contributed by atoms with Crippen molar-refractivity contribution in [3.63, 3.8) is 0 Å². The lowest BCUT2D eigenvalue weighted by Gasteiger charge is -2.24. The number of hydrogen-bond acceptors (Lipinski definition) is 21. The highest BCUT2D eigenvalue weighted by Crippen LogP contribution is 2.41. The zero-order valence-electron chi connectivity index (χ0n) is 56.2. The van der Waals surface area contributed by atoms with E-state index < -0.39 is 78.5 Å². The van der Waals surface area contributed by atoms with Crippen LogP contribution < -0.4 is 56.4 Å². The fourth-order valence-corrected chi connectivity index (χ4v) is 11.0. The number of aliphatic carboxylic acids is 1. The van der Waals surface area contributed by atoms with E-state index in [-0.39, 0.29) is 96.3 Å². The smallest absolute Gasteiger partial charge is 0.365 e. The van der Waals surface area contributed by atoms with Gasteiger partial charge in [-0.2, -0.15) is 0 Å². The summed E-state index contributed by atoms with van der Waals surface area (Å²) in [5, 5.41) is 55.7. The van der Waals surface area contributed by atoms with Gasteiger partial charge in [0.15, 0.2) is 40.5 Å². The van der Waals surface area contributed by atoms with Crippen LogP contribution in [0.4, 0.5) is 34.1 Å². The first-order valence-corrected chi connectivity index (χ1v) is 31.6. The van der Waals surface area contributed by atoms with E-state index in [4.69, 9.17) is 59.7 Å². The van der Waals surface area contributed by atoms with Crippen molar-refractivity contribution >= 4 is 80.8 Å². The van der Waals surface area contributed by atoms with Crippen LogP contribution in [0.5, 0.6) is 34.5 Å². The van der Waals surface area contributed by atoms with Crippen LogP contribution in [0.3, 0.4) is 0 Å². The van der Waals surface area contributed by atoms with Crippen LogP contribution >= 0.6 is 11.6 Å². The summed E-state index contributed by atoms with van der Waals surface area (Å²) in [6.45, 7) is 0.550. The number of anilines is 2. The molecule has 0 radical (unpaired) electrons. The second kappa shape index (κ2) is 37.7. The van der Waals surface area contributed by atoms with Gasteiger partial charge in [0.05, 0.1) is 68.5 Å². The Kier molecular flexibility index (Phi) is 28.5. The van der Waals surface area contributed by atoms with Crippen LogP contribution in [-0.2, 0) is 62.9 Å². The monoisotopic (exact) mass is 1460 g/mol. The van der Waals surface area contributed by atoms with E-state index in [1.165, 1.54) is 64.2 Å². The maximum atomic E-state index is 13.6. The number of nitro benzene ring substituents is 3. The van der Waals surface area contributed by atoms with Crippen LogP contribution in [0.25, 0.3) is 0 Å². The third kappa shape index (κ3) is 20.3. The third-order valence-electron chi connectivity index (χ3n) is 15.9. The molecule has 0 aromatic heterocycles. The largest absolute Gasteiger partial charge is 1.00 e. The van der Waals surface area contributed by atoms with Gasteiger partial charge >= 0.3 is 23.9 Å². The topological polar surface area (TPSA) is 378 Å². The van der Waals surface area contributed by atoms with Gasteiger partial charge in [-0.25, -0.2) is 19.2 Å². The summed E-state index contributed by atoms with van der Waals surface area (Å²) in [5.74, 6) is -2.76. The molecule has 3 atom stereocenters. The van der Waals surface area contributed by atoms with Crippen molar-refractivity contribution in [2.45, 2.75) is 57.2 Å². The number of carboxylic acids is 2. The number of benzene rings is 9. The number of carbonyl (C=O) groups is 6. The van der Waals surface area contributed by atoms with E-state index in [1.807, 2.05) is 139 Å². The number of aromatic carboxylic acids is 1. The van der Waals surface area contributed by atoms with Gasteiger partial charge in [-0.15, -0.1) is 0 Å². The van der Waals surface area contributed by atoms with Crippen LogP contribution in [0.15, 0.2) is 200 Å². The molecule has 9 aromatic rings. The van der Waals surface area contributed by atoms with Crippen molar-refractivity contribution < 1.29 is 109 Å². The number of hydrogen-bond donors (Lipinski definition) is 4. The highest BCUT2D eigenvalue weighted by atomic mass is 35.5. The number of quaternary nitrogens is 1. The number of ether oxygens (including phenoxy) is 8. The molecule has 540 valence electrons. The summed E-state index contributed by atoms with van der Waals surface area (Å²) in [5.41, 5.74) is 5.99. The molecule has 0 spiro atoms. The molecule has 104 heavy (non-hydrogen) atoms. The molecule has 0 aliphatic carbocycles. The number of carboxylic acid groups (broad SMARTS) is 2. The molecule has 5 N–H and O–H groups in total. The van der Waals surface area contributed by atoms with E-state index in [0.29, 0.717) is 12.1 Å².